The van der Waals surface area contributed by atoms with E-state index in [1.165, 1.54) is 0 Å². The molecule has 0 bridgehead atoms. The fourth-order valence-electron chi connectivity index (χ4n) is 3.66. The number of benzene rings is 2. The largest absolute Gasteiger partial charge is 0.361 e. The van der Waals surface area contributed by atoms with E-state index in [0.717, 1.165) is 33.2 Å². The Labute approximate surface area is 155 Å². The lowest BCUT2D eigenvalue weighted by Crippen LogP contribution is -2.37. The minimum absolute atomic E-state index is 0.323. The van der Waals surface area contributed by atoms with Crippen molar-refractivity contribution in [1.82, 2.24) is 9.71 Å². The minimum atomic E-state index is -3.58. The first-order valence-corrected chi connectivity index (χ1v) is 10.2. The molecule has 0 amide bonds. The predicted molar refractivity (Wildman–Crippen MR) is 107 cm³/mol. The molecule has 3 aromatic rings. The standard InChI is InChI=1S/C21H26N2O2S/c1-14-10-15(2)20(16(3)11-14)26(24,25)23-13-21(4,5)18-12-22-19-9-7-6-8-17(18)19/h6-12,22-23H,13H2,1-5H3. The number of hydrogen-bond acceptors (Lipinski definition) is 2. The number of rotatable bonds is 5. The van der Waals surface area contributed by atoms with Crippen LogP contribution in [0.5, 0.6) is 0 Å². The third-order valence-corrected chi connectivity index (χ3v) is 6.60. The van der Waals surface area contributed by atoms with E-state index in [9.17, 15) is 8.42 Å². The average molecular weight is 371 g/mol. The van der Waals surface area contributed by atoms with Crippen molar-refractivity contribution in [3.8, 4) is 0 Å². The number of para-hydroxylation sites is 1. The molecule has 0 aliphatic rings. The molecule has 26 heavy (non-hydrogen) atoms. The lowest BCUT2D eigenvalue weighted by Gasteiger charge is -2.25. The van der Waals surface area contributed by atoms with Gasteiger partial charge in [-0.15, -0.1) is 0 Å². The highest BCUT2D eigenvalue weighted by Gasteiger charge is 2.28. The second-order valence-electron chi connectivity index (χ2n) is 7.68. The monoisotopic (exact) mass is 370 g/mol. The number of nitrogens with one attached hydrogen (secondary N) is 2. The first-order chi connectivity index (χ1) is 12.1. The van der Waals surface area contributed by atoms with E-state index < -0.39 is 10.0 Å². The molecule has 0 aliphatic heterocycles. The van der Waals surface area contributed by atoms with Crippen LogP contribution in [0, 0.1) is 20.8 Å². The summed E-state index contributed by atoms with van der Waals surface area (Å²) in [7, 11) is -3.58. The lowest BCUT2D eigenvalue weighted by molar-refractivity contribution is 0.504. The van der Waals surface area contributed by atoms with Crippen molar-refractivity contribution in [3.63, 3.8) is 0 Å². The SMILES string of the molecule is Cc1cc(C)c(S(=O)(=O)NCC(C)(C)c2c[nH]c3ccccc23)c(C)c1. The van der Waals surface area contributed by atoms with Gasteiger partial charge in [0.05, 0.1) is 4.90 Å². The van der Waals surface area contributed by atoms with Crippen molar-refractivity contribution < 1.29 is 8.42 Å². The smallest absolute Gasteiger partial charge is 0.241 e. The van der Waals surface area contributed by atoms with Gasteiger partial charge in [0.15, 0.2) is 0 Å². The van der Waals surface area contributed by atoms with Crippen molar-refractivity contribution in [3.05, 3.63) is 64.8 Å². The maximum Gasteiger partial charge on any atom is 0.241 e. The van der Waals surface area contributed by atoms with Crippen LogP contribution in [-0.4, -0.2) is 19.9 Å². The zero-order valence-corrected chi connectivity index (χ0v) is 16.8. The van der Waals surface area contributed by atoms with Crippen LogP contribution in [-0.2, 0) is 15.4 Å². The maximum absolute atomic E-state index is 12.9. The van der Waals surface area contributed by atoms with Gasteiger partial charge < -0.3 is 4.98 Å². The van der Waals surface area contributed by atoms with Crippen LogP contribution in [0.25, 0.3) is 10.9 Å². The fourth-order valence-corrected chi connectivity index (χ4v) is 5.33. The molecule has 4 nitrogen and oxygen atoms in total. The number of aromatic amines is 1. The van der Waals surface area contributed by atoms with Gasteiger partial charge in [0.1, 0.15) is 0 Å². The molecule has 2 N–H and O–H groups in total. The van der Waals surface area contributed by atoms with Crippen LogP contribution >= 0.6 is 0 Å². The highest BCUT2D eigenvalue weighted by molar-refractivity contribution is 7.89. The van der Waals surface area contributed by atoms with E-state index in [1.54, 1.807) is 0 Å². The van der Waals surface area contributed by atoms with Crippen molar-refractivity contribution >= 4 is 20.9 Å². The quantitative estimate of drug-likeness (QED) is 0.701. The Bertz CT molecular complexity index is 1040. The normalized spacial score (nSPS) is 12.7. The first kappa shape index (κ1) is 18.7. The number of hydrogen-bond donors (Lipinski definition) is 2. The van der Waals surface area contributed by atoms with Gasteiger partial charge in [-0.25, -0.2) is 13.1 Å². The van der Waals surface area contributed by atoms with E-state index in [1.807, 2.05) is 57.3 Å². The van der Waals surface area contributed by atoms with Crippen molar-refractivity contribution in [2.75, 3.05) is 6.54 Å². The molecule has 138 valence electrons. The molecule has 0 saturated carbocycles. The third kappa shape index (κ3) is 3.41. The summed E-state index contributed by atoms with van der Waals surface area (Å²) in [4.78, 5) is 3.66. The topological polar surface area (TPSA) is 62.0 Å². The Kier molecular flexibility index (Phi) is 4.71. The predicted octanol–water partition coefficient (Wildman–Crippen LogP) is 4.35. The number of H-pyrrole nitrogens is 1. The lowest BCUT2D eigenvalue weighted by atomic mass is 9.85. The van der Waals surface area contributed by atoms with Gasteiger partial charge in [-0.2, -0.15) is 0 Å². The van der Waals surface area contributed by atoms with Crippen molar-refractivity contribution in [2.24, 2.45) is 0 Å². The molecule has 0 spiro atoms. The Hall–Kier alpha value is -2.11. The van der Waals surface area contributed by atoms with E-state index in [0.29, 0.717) is 11.4 Å². The van der Waals surface area contributed by atoms with Crippen LogP contribution in [0.15, 0.2) is 47.5 Å². The molecule has 1 heterocycles. The summed E-state index contributed by atoms with van der Waals surface area (Å²) in [6.07, 6.45) is 1.97. The second kappa shape index (κ2) is 6.56. The molecule has 5 heteroatoms. The number of aryl methyl sites for hydroxylation is 3. The summed E-state index contributed by atoms with van der Waals surface area (Å²) < 4.78 is 28.7. The maximum atomic E-state index is 12.9. The van der Waals surface area contributed by atoms with Crippen LogP contribution in [0.2, 0.25) is 0 Å². The van der Waals surface area contributed by atoms with Gasteiger partial charge in [0, 0.05) is 29.1 Å². The molecular formula is C21H26N2O2S. The fraction of sp³-hybridized carbons (Fsp3) is 0.333. The Morgan fingerprint density at radius 2 is 1.65 bits per heavy atom. The molecule has 0 fully saturated rings. The van der Waals surface area contributed by atoms with Gasteiger partial charge in [-0.1, -0.05) is 49.7 Å². The summed E-state index contributed by atoms with van der Waals surface area (Å²) >= 11 is 0. The molecule has 1 aromatic heterocycles. The number of sulfonamides is 1. The van der Waals surface area contributed by atoms with Gasteiger partial charge in [-0.05, 0) is 43.5 Å². The number of fused-ring (bicyclic) bond motifs is 1. The summed E-state index contributed by atoms with van der Waals surface area (Å²) in [5.74, 6) is 0. The van der Waals surface area contributed by atoms with Gasteiger partial charge >= 0.3 is 0 Å². The molecule has 3 rings (SSSR count). The minimum Gasteiger partial charge on any atom is -0.361 e. The summed E-state index contributed by atoms with van der Waals surface area (Å²) in [5, 5.41) is 1.12. The van der Waals surface area contributed by atoms with E-state index >= 15 is 0 Å². The third-order valence-electron chi connectivity index (χ3n) is 4.90. The van der Waals surface area contributed by atoms with Crippen LogP contribution < -0.4 is 4.72 Å². The average Bonchev–Trinajstić information content (AvgIpc) is 2.97. The molecule has 0 radical (unpaired) electrons. The van der Waals surface area contributed by atoms with Crippen molar-refractivity contribution in [2.45, 2.75) is 44.9 Å². The highest BCUT2D eigenvalue weighted by atomic mass is 32.2. The van der Waals surface area contributed by atoms with Gasteiger partial charge in [-0.3, -0.25) is 0 Å². The first-order valence-electron chi connectivity index (χ1n) is 8.76. The van der Waals surface area contributed by atoms with Gasteiger partial charge in [0.2, 0.25) is 10.0 Å². The molecule has 0 aliphatic carbocycles. The van der Waals surface area contributed by atoms with Crippen LogP contribution in [0.1, 0.15) is 36.1 Å². The van der Waals surface area contributed by atoms with Crippen molar-refractivity contribution in [1.29, 1.82) is 0 Å². The second-order valence-corrected chi connectivity index (χ2v) is 9.39. The van der Waals surface area contributed by atoms with E-state index in [2.05, 4.69) is 29.6 Å². The molecular weight excluding hydrogens is 344 g/mol. The Morgan fingerprint density at radius 3 is 2.31 bits per heavy atom. The number of aromatic nitrogens is 1. The summed E-state index contributed by atoms with van der Waals surface area (Å²) in [6.45, 7) is 10.1. The van der Waals surface area contributed by atoms with E-state index in [-0.39, 0.29) is 5.41 Å². The molecule has 0 unspecified atom stereocenters. The zero-order chi connectivity index (χ0) is 19.1. The summed E-state index contributed by atoms with van der Waals surface area (Å²) in [6, 6.07) is 11.9. The molecule has 0 saturated heterocycles. The summed E-state index contributed by atoms with van der Waals surface area (Å²) in [5.41, 5.74) is 4.44. The Morgan fingerprint density at radius 1 is 1.04 bits per heavy atom. The highest BCUT2D eigenvalue weighted by Crippen LogP contribution is 2.30. The molecule has 0 atom stereocenters. The zero-order valence-electron chi connectivity index (χ0n) is 16.0. The van der Waals surface area contributed by atoms with Crippen LogP contribution in [0.4, 0.5) is 0 Å². The van der Waals surface area contributed by atoms with E-state index in [4.69, 9.17) is 0 Å². The Balaban J connectivity index is 1.90. The van der Waals surface area contributed by atoms with Gasteiger partial charge in [0.25, 0.3) is 0 Å². The molecule has 2 aromatic carbocycles. The van der Waals surface area contributed by atoms with Crippen LogP contribution in [0.3, 0.4) is 0 Å².